The van der Waals surface area contributed by atoms with Crippen LogP contribution < -0.4 is 0 Å². The van der Waals surface area contributed by atoms with Crippen LogP contribution in [-0.2, 0) is 14.3 Å². The molecule has 6 nitrogen and oxygen atoms in total. The second-order valence-corrected chi connectivity index (χ2v) is 4.67. The Morgan fingerprint density at radius 2 is 1.35 bits per heavy atom. The molecule has 4 N–H and O–H groups in total. The Kier molecular flexibility index (Phi) is 16.8. The van der Waals surface area contributed by atoms with Gasteiger partial charge in [0, 0.05) is 19.4 Å². The third-order valence-electron chi connectivity index (χ3n) is 2.84. The highest BCUT2D eigenvalue weighted by molar-refractivity contribution is 5.69. The molecule has 0 atom stereocenters. The number of aliphatic carboxylic acids is 1. The number of aliphatic hydroxyl groups is 1. The van der Waals surface area contributed by atoms with Crippen molar-refractivity contribution in [1.29, 1.82) is 0 Å². The summed E-state index contributed by atoms with van der Waals surface area (Å²) in [5, 5.41) is 17.0. The number of unbranched alkanes of at least 4 members (excludes halogenated alkanes) is 6. The van der Waals surface area contributed by atoms with Crippen LogP contribution in [-0.4, -0.2) is 40.8 Å². The third-order valence-corrected chi connectivity index (χ3v) is 2.84. The Labute approximate surface area is 120 Å². The van der Waals surface area contributed by atoms with Crippen LogP contribution in [0.25, 0.3) is 0 Å². The zero-order valence-electron chi connectivity index (χ0n) is 12.1. The molecule has 0 aromatic rings. The molecule has 0 aliphatic heterocycles. The summed E-state index contributed by atoms with van der Waals surface area (Å²) < 4.78 is 5.00. The van der Waals surface area contributed by atoms with Crippen LogP contribution in [0.15, 0.2) is 0 Å². The Morgan fingerprint density at radius 1 is 0.800 bits per heavy atom. The molecule has 0 spiro atoms. The van der Waals surface area contributed by atoms with Gasteiger partial charge in [0.05, 0.1) is 6.61 Å². The van der Waals surface area contributed by atoms with Gasteiger partial charge in [-0.1, -0.05) is 25.7 Å². The van der Waals surface area contributed by atoms with E-state index in [0.717, 1.165) is 38.5 Å². The van der Waals surface area contributed by atoms with Gasteiger partial charge in [-0.25, -0.2) is 0 Å². The minimum absolute atomic E-state index is 0. The van der Waals surface area contributed by atoms with Gasteiger partial charge in [-0.15, -0.1) is 0 Å². The minimum Gasteiger partial charge on any atom is -0.481 e. The van der Waals surface area contributed by atoms with Crippen LogP contribution in [0.2, 0.25) is 0 Å². The molecule has 0 rings (SSSR count). The van der Waals surface area contributed by atoms with Gasteiger partial charge in [0.15, 0.2) is 0 Å². The Hall–Kier alpha value is -1.14. The Balaban J connectivity index is 0. The molecule has 0 amide bonds. The summed E-state index contributed by atoms with van der Waals surface area (Å²) >= 11 is 0. The number of hydrogen-bond donors (Lipinski definition) is 2. The van der Waals surface area contributed by atoms with Crippen molar-refractivity contribution in [2.24, 2.45) is 0 Å². The first kappa shape index (κ1) is 21.2. The molecular weight excluding hydrogens is 264 g/mol. The molecule has 0 heterocycles. The number of rotatable bonds is 13. The number of carboxylic acids is 1. The maximum absolute atomic E-state index is 11.3. The van der Waals surface area contributed by atoms with E-state index in [4.69, 9.17) is 14.9 Å². The number of carbonyl (C=O) groups excluding carboxylic acids is 1. The molecule has 0 unspecified atom stereocenters. The van der Waals surface area contributed by atoms with E-state index in [1.807, 2.05) is 0 Å². The van der Waals surface area contributed by atoms with Gasteiger partial charge in [0.25, 0.3) is 0 Å². The number of ether oxygens (including phenoxy) is 1. The van der Waals surface area contributed by atoms with Gasteiger partial charge in [0.1, 0.15) is 0 Å². The first-order chi connectivity index (χ1) is 9.16. The highest BCUT2D eigenvalue weighted by Crippen LogP contribution is 2.09. The smallest absolute Gasteiger partial charge is 0.305 e. The Morgan fingerprint density at radius 3 is 1.90 bits per heavy atom. The summed E-state index contributed by atoms with van der Waals surface area (Å²) in [6.07, 6.45) is 7.65. The molecular formula is C14H28O6. The van der Waals surface area contributed by atoms with E-state index in [9.17, 15) is 9.59 Å². The normalized spacial score (nSPS) is 9.85. The maximum atomic E-state index is 11.3. The van der Waals surface area contributed by atoms with Crippen molar-refractivity contribution in [3.05, 3.63) is 0 Å². The number of carboxylic acid groups (broad SMARTS) is 1. The summed E-state index contributed by atoms with van der Waals surface area (Å²) in [6.45, 7) is 0.536. The van der Waals surface area contributed by atoms with Crippen molar-refractivity contribution in [3.8, 4) is 0 Å². The molecule has 20 heavy (non-hydrogen) atoms. The molecule has 0 bridgehead atoms. The van der Waals surface area contributed by atoms with E-state index in [2.05, 4.69) is 0 Å². The standard InChI is InChI=1S/C14H26O5.H2O/c15-11-7-8-12-19-14(18)10-6-4-2-1-3-5-9-13(16)17;/h15H,1-12H2,(H,16,17);1H2. The van der Waals surface area contributed by atoms with Gasteiger partial charge >= 0.3 is 11.9 Å². The zero-order chi connectivity index (χ0) is 14.3. The van der Waals surface area contributed by atoms with Gasteiger partial charge < -0.3 is 20.4 Å². The summed E-state index contributed by atoms with van der Waals surface area (Å²) in [4.78, 5) is 21.5. The predicted molar refractivity (Wildman–Crippen MR) is 75.5 cm³/mol. The topological polar surface area (TPSA) is 115 Å². The van der Waals surface area contributed by atoms with E-state index in [1.54, 1.807) is 0 Å². The third kappa shape index (κ3) is 16.9. The molecule has 0 aliphatic carbocycles. The summed E-state index contributed by atoms with van der Waals surface area (Å²) in [5.41, 5.74) is 0. The minimum atomic E-state index is -0.732. The van der Waals surface area contributed by atoms with Crippen LogP contribution >= 0.6 is 0 Å². The first-order valence-electron chi connectivity index (χ1n) is 7.15. The van der Waals surface area contributed by atoms with Gasteiger partial charge in [-0.3, -0.25) is 9.59 Å². The molecule has 0 saturated carbocycles. The van der Waals surface area contributed by atoms with Crippen molar-refractivity contribution < 1.29 is 30.0 Å². The SMILES string of the molecule is O.O=C(O)CCCCCCCCC(=O)OCCCCO. The predicted octanol–water partition coefficient (Wildman–Crippen LogP) is 1.68. The second kappa shape index (κ2) is 15.9. The lowest BCUT2D eigenvalue weighted by atomic mass is 10.1. The van der Waals surface area contributed by atoms with E-state index >= 15 is 0 Å². The molecule has 6 heteroatoms. The van der Waals surface area contributed by atoms with Crippen molar-refractivity contribution in [3.63, 3.8) is 0 Å². The molecule has 0 saturated heterocycles. The average molecular weight is 292 g/mol. The molecule has 0 aliphatic rings. The second-order valence-electron chi connectivity index (χ2n) is 4.67. The van der Waals surface area contributed by atoms with E-state index in [1.165, 1.54) is 0 Å². The van der Waals surface area contributed by atoms with E-state index < -0.39 is 5.97 Å². The maximum Gasteiger partial charge on any atom is 0.305 e. The van der Waals surface area contributed by atoms with E-state index in [-0.39, 0.29) is 24.5 Å². The van der Waals surface area contributed by atoms with Crippen LogP contribution in [0.4, 0.5) is 0 Å². The van der Waals surface area contributed by atoms with Crippen LogP contribution in [0.5, 0.6) is 0 Å². The van der Waals surface area contributed by atoms with Gasteiger partial charge in [-0.05, 0) is 25.7 Å². The Bertz CT molecular complexity index is 242. The fourth-order valence-corrected chi connectivity index (χ4v) is 1.72. The van der Waals surface area contributed by atoms with Crippen molar-refractivity contribution in [2.75, 3.05) is 13.2 Å². The number of carbonyl (C=O) groups is 2. The van der Waals surface area contributed by atoms with Crippen molar-refractivity contribution in [1.82, 2.24) is 0 Å². The highest BCUT2D eigenvalue weighted by Gasteiger charge is 2.02. The van der Waals surface area contributed by atoms with Crippen molar-refractivity contribution in [2.45, 2.75) is 64.2 Å². The average Bonchev–Trinajstić information content (AvgIpc) is 2.37. The van der Waals surface area contributed by atoms with Crippen LogP contribution in [0.1, 0.15) is 64.2 Å². The summed E-state index contributed by atoms with van der Waals surface area (Å²) in [5.74, 6) is -0.896. The molecule has 0 aromatic heterocycles. The zero-order valence-corrected chi connectivity index (χ0v) is 12.1. The lowest BCUT2D eigenvalue weighted by Crippen LogP contribution is -2.06. The number of hydrogen-bond acceptors (Lipinski definition) is 4. The number of esters is 1. The lowest BCUT2D eigenvalue weighted by molar-refractivity contribution is -0.144. The summed E-state index contributed by atoms with van der Waals surface area (Å²) in [7, 11) is 0. The van der Waals surface area contributed by atoms with Crippen molar-refractivity contribution >= 4 is 11.9 Å². The molecule has 0 aromatic carbocycles. The monoisotopic (exact) mass is 292 g/mol. The van der Waals surface area contributed by atoms with Crippen LogP contribution in [0.3, 0.4) is 0 Å². The first-order valence-corrected chi connectivity index (χ1v) is 7.15. The van der Waals surface area contributed by atoms with E-state index in [0.29, 0.717) is 25.9 Å². The molecule has 0 fully saturated rings. The summed E-state index contributed by atoms with van der Waals surface area (Å²) in [6, 6.07) is 0. The van der Waals surface area contributed by atoms with Gasteiger partial charge in [0.2, 0.25) is 0 Å². The lowest BCUT2D eigenvalue weighted by Gasteiger charge is -2.04. The molecule has 120 valence electrons. The quantitative estimate of drug-likeness (QED) is 0.396. The van der Waals surface area contributed by atoms with Crippen LogP contribution in [0, 0.1) is 0 Å². The fourth-order valence-electron chi connectivity index (χ4n) is 1.72. The van der Waals surface area contributed by atoms with Gasteiger partial charge in [-0.2, -0.15) is 0 Å². The fraction of sp³-hybridized carbons (Fsp3) is 0.857. The largest absolute Gasteiger partial charge is 0.481 e. The number of aliphatic hydroxyl groups excluding tert-OH is 1. The molecule has 0 radical (unpaired) electrons. The highest BCUT2D eigenvalue weighted by atomic mass is 16.5.